The molecule has 0 saturated heterocycles. The Hall–Kier alpha value is -0.0000000000000000555. The molecule has 13 heavy (non-hydrogen) atoms. The zero-order chi connectivity index (χ0) is 9.42. The third-order valence-electron chi connectivity index (χ3n) is 1.92. The molecule has 0 aliphatic rings. The number of phenols is 1. The van der Waals surface area contributed by atoms with Crippen LogP contribution in [0.1, 0.15) is 5.56 Å². The first kappa shape index (κ1) is 9.55. The van der Waals surface area contributed by atoms with Gasteiger partial charge in [0.05, 0.1) is 9.45 Å². The Morgan fingerprint density at radius 2 is 2.31 bits per heavy atom. The number of hydrogen-bond donors (Lipinski definition) is 1. The highest BCUT2D eigenvalue weighted by Crippen LogP contribution is 2.35. The Labute approximate surface area is 98.5 Å². The number of fused-ring (bicyclic) bond motifs is 1. The number of benzene rings is 1. The maximum atomic E-state index is 9.73. The number of phenolic OH excluding ortho intramolecular Hbond substituents is 1. The molecular formula is C9H6ClIOS. The SMILES string of the molecule is Oc1c(I)cc2sccc2c1CCl. The van der Waals surface area contributed by atoms with Crippen molar-refractivity contribution in [3.8, 4) is 5.75 Å². The van der Waals surface area contributed by atoms with Crippen LogP contribution in [0.25, 0.3) is 10.1 Å². The summed E-state index contributed by atoms with van der Waals surface area (Å²) in [6, 6.07) is 3.97. The molecule has 1 nitrogen and oxygen atoms in total. The molecule has 0 aliphatic carbocycles. The molecule has 0 unspecified atom stereocenters. The second-order valence-electron chi connectivity index (χ2n) is 2.65. The van der Waals surface area contributed by atoms with Gasteiger partial charge in [-0.25, -0.2) is 0 Å². The van der Waals surface area contributed by atoms with Gasteiger partial charge >= 0.3 is 0 Å². The summed E-state index contributed by atoms with van der Waals surface area (Å²) in [4.78, 5) is 0. The molecule has 2 rings (SSSR count). The third kappa shape index (κ3) is 1.53. The van der Waals surface area contributed by atoms with Crippen molar-refractivity contribution in [2.24, 2.45) is 0 Å². The molecule has 4 heteroatoms. The second kappa shape index (κ2) is 3.63. The fourth-order valence-corrected chi connectivity index (χ4v) is 3.25. The zero-order valence-corrected chi connectivity index (χ0v) is 10.3. The van der Waals surface area contributed by atoms with Crippen LogP contribution in [-0.2, 0) is 5.88 Å². The van der Waals surface area contributed by atoms with Gasteiger partial charge in [0.1, 0.15) is 5.75 Å². The minimum Gasteiger partial charge on any atom is -0.506 e. The molecule has 2 aromatic rings. The van der Waals surface area contributed by atoms with Gasteiger partial charge in [-0.1, -0.05) is 0 Å². The summed E-state index contributed by atoms with van der Waals surface area (Å²) < 4.78 is 2.04. The van der Waals surface area contributed by atoms with Crippen molar-refractivity contribution in [2.75, 3.05) is 0 Å². The van der Waals surface area contributed by atoms with Crippen LogP contribution in [-0.4, -0.2) is 5.11 Å². The molecule has 0 radical (unpaired) electrons. The molecule has 0 bridgehead atoms. The molecular weight excluding hydrogens is 319 g/mol. The van der Waals surface area contributed by atoms with E-state index >= 15 is 0 Å². The van der Waals surface area contributed by atoms with E-state index in [2.05, 4.69) is 22.6 Å². The van der Waals surface area contributed by atoms with Crippen molar-refractivity contribution in [1.82, 2.24) is 0 Å². The molecule has 68 valence electrons. The molecule has 0 aliphatic heterocycles. The van der Waals surface area contributed by atoms with E-state index < -0.39 is 0 Å². The predicted octanol–water partition coefficient (Wildman–Crippen LogP) is 3.95. The van der Waals surface area contributed by atoms with Gasteiger partial charge in [0.2, 0.25) is 0 Å². The van der Waals surface area contributed by atoms with Crippen LogP contribution in [0, 0.1) is 3.57 Å². The Morgan fingerprint density at radius 3 is 3.00 bits per heavy atom. The molecule has 1 N–H and O–H groups in total. The maximum absolute atomic E-state index is 9.73. The van der Waals surface area contributed by atoms with Gasteiger partial charge in [0, 0.05) is 15.6 Å². The van der Waals surface area contributed by atoms with Gasteiger partial charge in [-0.15, -0.1) is 22.9 Å². The maximum Gasteiger partial charge on any atom is 0.134 e. The average Bonchev–Trinajstić information content (AvgIpc) is 2.54. The number of aromatic hydroxyl groups is 1. The molecule has 0 atom stereocenters. The summed E-state index contributed by atoms with van der Waals surface area (Å²) in [6.07, 6.45) is 0. The van der Waals surface area contributed by atoms with Crippen LogP contribution in [0.15, 0.2) is 17.5 Å². The molecule has 0 saturated carbocycles. The van der Waals surface area contributed by atoms with Crippen molar-refractivity contribution >= 4 is 55.6 Å². The Bertz CT molecular complexity index is 452. The largest absolute Gasteiger partial charge is 0.506 e. The smallest absolute Gasteiger partial charge is 0.134 e. The first-order valence-electron chi connectivity index (χ1n) is 3.67. The molecule has 0 fully saturated rings. The summed E-state index contributed by atoms with van der Waals surface area (Å²) in [7, 11) is 0. The van der Waals surface area contributed by atoms with Crippen molar-refractivity contribution in [3.05, 3.63) is 26.6 Å². The second-order valence-corrected chi connectivity index (χ2v) is 5.03. The zero-order valence-electron chi connectivity index (χ0n) is 6.55. The minimum atomic E-state index is 0.321. The van der Waals surface area contributed by atoms with E-state index in [0.29, 0.717) is 11.6 Å². The molecule has 0 amide bonds. The number of thiophene rings is 1. The van der Waals surface area contributed by atoms with Gasteiger partial charge < -0.3 is 5.11 Å². The first-order chi connectivity index (χ1) is 6.24. The van der Waals surface area contributed by atoms with Gasteiger partial charge in [-0.05, 0) is 40.1 Å². The summed E-state index contributed by atoms with van der Waals surface area (Å²) in [5.41, 5.74) is 0.838. The van der Waals surface area contributed by atoms with Crippen LogP contribution in [0.3, 0.4) is 0 Å². The highest BCUT2D eigenvalue weighted by atomic mass is 127. The lowest BCUT2D eigenvalue weighted by Gasteiger charge is -2.04. The van der Waals surface area contributed by atoms with Crippen LogP contribution < -0.4 is 0 Å². The quantitative estimate of drug-likeness (QED) is 0.622. The molecule has 1 heterocycles. The van der Waals surface area contributed by atoms with Crippen LogP contribution >= 0.6 is 45.5 Å². The van der Waals surface area contributed by atoms with Crippen molar-refractivity contribution in [2.45, 2.75) is 5.88 Å². The normalized spacial score (nSPS) is 10.9. The van der Waals surface area contributed by atoms with Crippen molar-refractivity contribution in [3.63, 3.8) is 0 Å². The fraction of sp³-hybridized carbons (Fsp3) is 0.111. The number of hydrogen-bond acceptors (Lipinski definition) is 2. The average molecular weight is 325 g/mol. The topological polar surface area (TPSA) is 20.2 Å². The standard InChI is InChI=1S/C9H6ClIOS/c10-4-6-5-1-2-13-8(5)3-7(11)9(6)12/h1-3,12H,4H2. The Balaban J connectivity index is 2.87. The van der Waals surface area contributed by atoms with E-state index in [4.69, 9.17) is 11.6 Å². The van der Waals surface area contributed by atoms with Gasteiger partial charge in [-0.3, -0.25) is 0 Å². The van der Waals surface area contributed by atoms with Crippen LogP contribution in [0.4, 0.5) is 0 Å². The van der Waals surface area contributed by atoms with Gasteiger partial charge in [-0.2, -0.15) is 0 Å². The molecule has 1 aromatic carbocycles. The van der Waals surface area contributed by atoms with E-state index in [0.717, 1.165) is 14.5 Å². The van der Waals surface area contributed by atoms with E-state index in [1.165, 1.54) is 4.70 Å². The molecule has 1 aromatic heterocycles. The van der Waals surface area contributed by atoms with E-state index in [1.54, 1.807) is 11.3 Å². The Kier molecular flexibility index (Phi) is 2.67. The highest BCUT2D eigenvalue weighted by Gasteiger charge is 2.10. The highest BCUT2D eigenvalue weighted by molar-refractivity contribution is 14.1. The van der Waals surface area contributed by atoms with Gasteiger partial charge in [0.25, 0.3) is 0 Å². The Morgan fingerprint density at radius 1 is 1.54 bits per heavy atom. The van der Waals surface area contributed by atoms with E-state index in [9.17, 15) is 5.11 Å². The van der Waals surface area contributed by atoms with E-state index in [1.807, 2.05) is 17.5 Å². The van der Waals surface area contributed by atoms with Crippen molar-refractivity contribution in [1.29, 1.82) is 0 Å². The van der Waals surface area contributed by atoms with Gasteiger partial charge in [0.15, 0.2) is 0 Å². The third-order valence-corrected chi connectivity index (χ3v) is 3.88. The lowest BCUT2D eigenvalue weighted by Crippen LogP contribution is -1.83. The summed E-state index contributed by atoms with van der Waals surface area (Å²) in [6.45, 7) is 0. The van der Waals surface area contributed by atoms with Crippen LogP contribution in [0.5, 0.6) is 5.75 Å². The number of rotatable bonds is 1. The minimum absolute atomic E-state index is 0.321. The monoisotopic (exact) mass is 324 g/mol. The summed E-state index contributed by atoms with van der Waals surface area (Å²) in [5.74, 6) is 0.678. The lowest BCUT2D eigenvalue weighted by atomic mass is 10.1. The van der Waals surface area contributed by atoms with Crippen LogP contribution in [0.2, 0.25) is 0 Å². The summed E-state index contributed by atoms with van der Waals surface area (Å²) >= 11 is 9.56. The van der Waals surface area contributed by atoms with Crippen molar-refractivity contribution < 1.29 is 5.11 Å². The first-order valence-corrected chi connectivity index (χ1v) is 6.17. The predicted molar refractivity (Wildman–Crippen MR) is 65.8 cm³/mol. The summed E-state index contributed by atoms with van der Waals surface area (Å²) in [5, 5.41) is 12.8. The number of alkyl halides is 1. The number of halogens is 2. The lowest BCUT2D eigenvalue weighted by molar-refractivity contribution is 0.468. The van der Waals surface area contributed by atoms with E-state index in [-0.39, 0.29) is 0 Å². The molecule has 0 spiro atoms. The fourth-order valence-electron chi connectivity index (χ4n) is 1.27.